The highest BCUT2D eigenvalue weighted by Gasteiger charge is 2.26. The van der Waals surface area contributed by atoms with Crippen molar-refractivity contribution in [1.82, 2.24) is 0 Å². The number of rotatable bonds is 8. The van der Waals surface area contributed by atoms with Crippen LogP contribution in [0, 0.1) is 0 Å². The number of hydrogen-bond acceptors (Lipinski definition) is 6. The molecule has 1 atom stereocenters. The summed E-state index contributed by atoms with van der Waals surface area (Å²) in [6, 6.07) is 6.61. The van der Waals surface area contributed by atoms with Crippen molar-refractivity contribution < 1.29 is 23.4 Å². The maximum atomic E-state index is 11.5. The van der Waals surface area contributed by atoms with Gasteiger partial charge in [0.2, 0.25) is 0 Å². The summed E-state index contributed by atoms with van der Waals surface area (Å²) in [5, 5.41) is 11.7. The van der Waals surface area contributed by atoms with Gasteiger partial charge in [0, 0.05) is 19.2 Å². The normalized spacial score (nSPS) is 14.0. The van der Waals surface area contributed by atoms with Gasteiger partial charge in [0.15, 0.2) is 0 Å². The number of furan rings is 1. The summed E-state index contributed by atoms with van der Waals surface area (Å²) in [6.07, 6.45) is 4.85. The predicted octanol–water partition coefficient (Wildman–Crippen LogP) is 4.43. The SMILES string of the molecule is CO[C@H](CCC(C)=CCOc1c2ccoc2cc2oc(=O)ccc12)C(C)(C)O. The molecule has 2 aromatic heterocycles. The first-order valence-electron chi connectivity index (χ1n) is 9.27. The van der Waals surface area contributed by atoms with Crippen molar-refractivity contribution in [3.63, 3.8) is 0 Å². The first-order valence-corrected chi connectivity index (χ1v) is 9.27. The zero-order valence-corrected chi connectivity index (χ0v) is 16.7. The number of hydrogen-bond donors (Lipinski definition) is 1. The van der Waals surface area contributed by atoms with Gasteiger partial charge in [-0.1, -0.05) is 5.57 Å². The first kappa shape index (κ1) is 20.2. The minimum absolute atomic E-state index is 0.233. The molecule has 0 aliphatic carbocycles. The standard InChI is InChI=1S/C22H26O6/c1-14(5-7-19(25-4)22(2,3)24)9-11-27-21-15-6-8-20(23)28-18(15)13-17-16(21)10-12-26-17/h6,8-10,12-13,19,24H,5,7,11H2,1-4H3/t19-/m1/s1. The topological polar surface area (TPSA) is 82.0 Å². The van der Waals surface area contributed by atoms with E-state index in [2.05, 4.69) is 0 Å². The first-order chi connectivity index (χ1) is 13.3. The largest absolute Gasteiger partial charge is 0.488 e. The fourth-order valence-electron chi connectivity index (χ4n) is 3.25. The van der Waals surface area contributed by atoms with Crippen molar-refractivity contribution in [3.8, 4) is 5.75 Å². The van der Waals surface area contributed by atoms with Crippen LogP contribution >= 0.6 is 0 Å². The van der Waals surface area contributed by atoms with E-state index >= 15 is 0 Å². The van der Waals surface area contributed by atoms with Crippen LogP contribution in [0.4, 0.5) is 0 Å². The van der Waals surface area contributed by atoms with Crippen molar-refractivity contribution in [3.05, 3.63) is 52.6 Å². The molecule has 1 N–H and O–H groups in total. The van der Waals surface area contributed by atoms with E-state index in [1.807, 2.05) is 19.1 Å². The van der Waals surface area contributed by atoms with Crippen LogP contribution in [0.1, 0.15) is 33.6 Å². The lowest BCUT2D eigenvalue weighted by Gasteiger charge is -2.28. The second-order valence-electron chi connectivity index (χ2n) is 7.48. The molecular weight excluding hydrogens is 360 g/mol. The Morgan fingerprint density at radius 2 is 2.00 bits per heavy atom. The van der Waals surface area contributed by atoms with Gasteiger partial charge in [0.1, 0.15) is 23.5 Å². The minimum Gasteiger partial charge on any atom is -0.488 e. The van der Waals surface area contributed by atoms with E-state index in [1.54, 1.807) is 39.4 Å². The molecule has 0 saturated heterocycles. The van der Waals surface area contributed by atoms with Gasteiger partial charge in [0.05, 0.1) is 28.7 Å². The van der Waals surface area contributed by atoms with Gasteiger partial charge >= 0.3 is 5.63 Å². The maximum Gasteiger partial charge on any atom is 0.336 e. The van der Waals surface area contributed by atoms with Crippen LogP contribution in [0.3, 0.4) is 0 Å². The molecule has 150 valence electrons. The molecule has 6 nitrogen and oxygen atoms in total. The van der Waals surface area contributed by atoms with Gasteiger partial charge in [-0.2, -0.15) is 0 Å². The number of ether oxygens (including phenoxy) is 2. The quantitative estimate of drug-likeness (QED) is 0.456. The van der Waals surface area contributed by atoms with Crippen molar-refractivity contribution >= 4 is 21.9 Å². The van der Waals surface area contributed by atoms with Crippen molar-refractivity contribution in [2.24, 2.45) is 0 Å². The lowest BCUT2D eigenvalue weighted by molar-refractivity contribution is -0.0728. The zero-order chi connectivity index (χ0) is 20.3. The number of fused-ring (bicyclic) bond motifs is 2. The number of methoxy groups -OCH3 is 1. The average molecular weight is 386 g/mol. The zero-order valence-electron chi connectivity index (χ0n) is 16.7. The Bertz CT molecular complexity index is 1030. The lowest BCUT2D eigenvalue weighted by Crippen LogP contribution is -2.37. The smallest absolute Gasteiger partial charge is 0.336 e. The van der Waals surface area contributed by atoms with Crippen molar-refractivity contribution in [2.45, 2.75) is 45.3 Å². The Balaban J connectivity index is 1.75. The third kappa shape index (κ3) is 4.46. The Morgan fingerprint density at radius 1 is 1.25 bits per heavy atom. The molecule has 0 fully saturated rings. The fourth-order valence-corrected chi connectivity index (χ4v) is 3.25. The van der Waals surface area contributed by atoms with E-state index < -0.39 is 11.2 Å². The third-order valence-corrected chi connectivity index (χ3v) is 4.84. The minimum atomic E-state index is -0.884. The fraction of sp³-hybridized carbons (Fsp3) is 0.409. The highest BCUT2D eigenvalue weighted by atomic mass is 16.5. The summed E-state index contributed by atoms with van der Waals surface area (Å²) in [7, 11) is 1.61. The Labute approximate surface area is 163 Å². The molecule has 0 unspecified atom stereocenters. The van der Waals surface area contributed by atoms with Gasteiger partial charge in [-0.05, 0) is 51.8 Å². The Kier molecular flexibility index (Phi) is 5.91. The molecular formula is C22H26O6. The van der Waals surface area contributed by atoms with Crippen LogP contribution in [0.15, 0.2) is 55.8 Å². The molecule has 2 heterocycles. The molecule has 0 radical (unpaired) electrons. The van der Waals surface area contributed by atoms with Gasteiger partial charge < -0.3 is 23.4 Å². The molecule has 3 rings (SSSR count). The molecule has 6 heteroatoms. The molecule has 28 heavy (non-hydrogen) atoms. The van der Waals surface area contributed by atoms with Crippen molar-refractivity contribution in [2.75, 3.05) is 13.7 Å². The predicted molar refractivity (Wildman–Crippen MR) is 108 cm³/mol. The molecule has 0 amide bonds. The molecule has 0 saturated carbocycles. The molecule has 0 spiro atoms. The van der Waals surface area contributed by atoms with E-state index in [0.29, 0.717) is 29.9 Å². The van der Waals surface area contributed by atoms with Crippen LogP contribution in [-0.4, -0.2) is 30.5 Å². The number of aliphatic hydroxyl groups is 1. The van der Waals surface area contributed by atoms with Crippen LogP contribution < -0.4 is 10.4 Å². The molecule has 0 bridgehead atoms. The summed E-state index contributed by atoms with van der Waals surface area (Å²) in [5.74, 6) is 0.625. The summed E-state index contributed by atoms with van der Waals surface area (Å²) >= 11 is 0. The summed E-state index contributed by atoms with van der Waals surface area (Å²) < 4.78 is 22.1. The van der Waals surface area contributed by atoms with E-state index in [1.165, 1.54) is 6.07 Å². The van der Waals surface area contributed by atoms with Crippen LogP contribution in [-0.2, 0) is 4.74 Å². The van der Waals surface area contributed by atoms with Crippen LogP contribution in [0.5, 0.6) is 5.75 Å². The van der Waals surface area contributed by atoms with Gasteiger partial charge in [-0.3, -0.25) is 0 Å². The van der Waals surface area contributed by atoms with E-state index in [0.717, 1.165) is 22.8 Å². The molecule has 0 aliphatic rings. The molecule has 0 aliphatic heterocycles. The Morgan fingerprint density at radius 3 is 2.71 bits per heavy atom. The second-order valence-corrected chi connectivity index (χ2v) is 7.48. The van der Waals surface area contributed by atoms with Gasteiger partial charge in [-0.25, -0.2) is 4.79 Å². The maximum absolute atomic E-state index is 11.5. The van der Waals surface area contributed by atoms with Crippen LogP contribution in [0.2, 0.25) is 0 Å². The van der Waals surface area contributed by atoms with E-state index in [4.69, 9.17) is 18.3 Å². The highest BCUT2D eigenvalue weighted by Crippen LogP contribution is 2.35. The molecule has 1 aromatic carbocycles. The summed E-state index contributed by atoms with van der Waals surface area (Å²) in [6.45, 7) is 5.89. The van der Waals surface area contributed by atoms with Crippen molar-refractivity contribution in [1.29, 1.82) is 0 Å². The summed E-state index contributed by atoms with van der Waals surface area (Å²) in [5.41, 5.74) is 0.871. The third-order valence-electron chi connectivity index (χ3n) is 4.84. The average Bonchev–Trinajstić information content (AvgIpc) is 3.08. The van der Waals surface area contributed by atoms with E-state index in [9.17, 15) is 9.90 Å². The lowest BCUT2D eigenvalue weighted by atomic mass is 9.95. The van der Waals surface area contributed by atoms with E-state index in [-0.39, 0.29) is 6.10 Å². The highest BCUT2D eigenvalue weighted by molar-refractivity contribution is 6.01. The van der Waals surface area contributed by atoms with Crippen LogP contribution in [0.25, 0.3) is 21.9 Å². The van der Waals surface area contributed by atoms with Gasteiger partial charge in [-0.15, -0.1) is 0 Å². The Hall–Kier alpha value is -2.57. The monoisotopic (exact) mass is 386 g/mol. The van der Waals surface area contributed by atoms with Gasteiger partial charge in [0.25, 0.3) is 0 Å². The molecule has 3 aromatic rings. The number of benzene rings is 1. The second kappa shape index (κ2) is 8.20. The summed E-state index contributed by atoms with van der Waals surface area (Å²) in [4.78, 5) is 11.5. The number of allylic oxidation sites excluding steroid dienone is 1.